The number of likely N-dealkylation sites (tertiary alicyclic amines) is 1. The van der Waals surface area contributed by atoms with Crippen LogP contribution in [0.25, 0.3) is 0 Å². The fraction of sp³-hybridized carbons (Fsp3) is 0.688. The van der Waals surface area contributed by atoms with Crippen molar-refractivity contribution in [3.05, 3.63) is 23.5 Å². The van der Waals surface area contributed by atoms with Crippen LogP contribution in [0.2, 0.25) is 0 Å². The van der Waals surface area contributed by atoms with Gasteiger partial charge in [-0.15, -0.1) is 5.10 Å². The number of carbonyl (C=O) groups is 1. The molecule has 0 radical (unpaired) electrons. The van der Waals surface area contributed by atoms with Gasteiger partial charge in [-0.2, -0.15) is 0 Å². The molecule has 1 aliphatic rings. The van der Waals surface area contributed by atoms with Crippen LogP contribution in [-0.2, 0) is 10.2 Å². The molecule has 1 aromatic rings. The first-order valence-electron chi connectivity index (χ1n) is 7.63. The Bertz CT molecular complexity index is 535. The third-order valence-corrected chi connectivity index (χ3v) is 3.77. The molecular weight excluding hydrogens is 264 g/mol. The summed E-state index contributed by atoms with van der Waals surface area (Å²) in [7, 11) is 0. The van der Waals surface area contributed by atoms with Gasteiger partial charge < -0.3 is 4.90 Å². The van der Waals surface area contributed by atoms with Crippen molar-refractivity contribution in [2.24, 2.45) is 0 Å². The third kappa shape index (κ3) is 3.93. The van der Waals surface area contributed by atoms with Crippen LogP contribution in [0.1, 0.15) is 59.2 Å². The zero-order valence-corrected chi connectivity index (χ0v) is 13.8. The first-order chi connectivity index (χ1) is 9.77. The number of allylic oxidation sites excluding steroid dienone is 1. The number of hydrogen-bond donors (Lipinski definition) is 0. The quantitative estimate of drug-likeness (QED) is 0.787. The predicted octanol–water partition coefficient (Wildman–Crippen LogP) is 2.71. The second kappa shape index (κ2) is 6.00. The number of carbonyl (C=O) groups excluding carboxylic acids is 1. The minimum Gasteiger partial charge on any atom is -0.337 e. The van der Waals surface area contributed by atoms with Crippen LogP contribution in [0.3, 0.4) is 0 Å². The third-order valence-electron chi connectivity index (χ3n) is 3.77. The highest BCUT2D eigenvalue weighted by Crippen LogP contribution is 2.24. The van der Waals surface area contributed by atoms with Crippen LogP contribution in [0.4, 0.5) is 0 Å². The molecule has 21 heavy (non-hydrogen) atoms. The first kappa shape index (κ1) is 15.7. The Morgan fingerprint density at radius 2 is 2.10 bits per heavy atom. The fourth-order valence-corrected chi connectivity index (χ4v) is 2.51. The lowest BCUT2D eigenvalue weighted by Gasteiger charge is -2.32. The smallest absolute Gasteiger partial charge is 0.246 e. The molecule has 0 aromatic carbocycles. The minimum atomic E-state index is 0.00445. The summed E-state index contributed by atoms with van der Waals surface area (Å²) in [5, 5.41) is 8.55. The summed E-state index contributed by atoms with van der Waals surface area (Å²) >= 11 is 0. The second-order valence-electron chi connectivity index (χ2n) is 7.14. The van der Waals surface area contributed by atoms with E-state index in [-0.39, 0.29) is 17.4 Å². The van der Waals surface area contributed by atoms with Crippen LogP contribution in [0, 0.1) is 0 Å². The van der Waals surface area contributed by atoms with Crippen molar-refractivity contribution in [1.82, 2.24) is 19.9 Å². The molecule has 1 aliphatic heterocycles. The summed E-state index contributed by atoms with van der Waals surface area (Å²) < 4.78 is 1.93. The Morgan fingerprint density at radius 3 is 2.67 bits per heavy atom. The Hall–Kier alpha value is -1.65. The molecule has 0 aliphatic carbocycles. The number of amides is 1. The van der Waals surface area contributed by atoms with Crippen molar-refractivity contribution in [2.45, 2.75) is 58.9 Å². The lowest BCUT2D eigenvalue weighted by atomic mass is 9.93. The van der Waals surface area contributed by atoms with Gasteiger partial charge >= 0.3 is 0 Å². The lowest BCUT2D eigenvalue weighted by Crippen LogP contribution is -2.40. The van der Waals surface area contributed by atoms with E-state index in [0.717, 1.165) is 37.2 Å². The maximum Gasteiger partial charge on any atom is 0.246 e. The number of piperidine rings is 1. The van der Waals surface area contributed by atoms with Crippen molar-refractivity contribution in [1.29, 1.82) is 0 Å². The molecule has 116 valence electrons. The molecule has 2 heterocycles. The van der Waals surface area contributed by atoms with Crippen molar-refractivity contribution in [3.63, 3.8) is 0 Å². The molecule has 1 amide bonds. The molecule has 0 N–H and O–H groups in total. The van der Waals surface area contributed by atoms with Gasteiger partial charge in [0, 0.05) is 30.8 Å². The molecular formula is C16H26N4O. The van der Waals surface area contributed by atoms with Crippen LogP contribution in [0.15, 0.2) is 17.8 Å². The van der Waals surface area contributed by atoms with E-state index in [1.54, 1.807) is 6.08 Å². The highest BCUT2D eigenvalue weighted by Gasteiger charge is 2.26. The monoisotopic (exact) mass is 290 g/mol. The standard InChI is InChI=1S/C16H26N4O/c1-12(2)9-15(21)19-8-6-7-13(10-19)20-11-14(17-18-20)16(3,4)5/h9,11,13H,6-8,10H2,1-5H3. The summed E-state index contributed by atoms with van der Waals surface area (Å²) in [6.07, 6.45) is 5.80. The highest BCUT2D eigenvalue weighted by molar-refractivity contribution is 5.88. The second-order valence-corrected chi connectivity index (χ2v) is 7.14. The van der Waals surface area contributed by atoms with Crippen LogP contribution >= 0.6 is 0 Å². The maximum absolute atomic E-state index is 12.2. The average Bonchev–Trinajstić information content (AvgIpc) is 2.87. The summed E-state index contributed by atoms with van der Waals surface area (Å²) in [5.41, 5.74) is 2.04. The van der Waals surface area contributed by atoms with Gasteiger partial charge in [0.15, 0.2) is 0 Å². The normalized spacial score (nSPS) is 19.5. The largest absolute Gasteiger partial charge is 0.337 e. The van der Waals surface area contributed by atoms with Crippen molar-refractivity contribution in [3.8, 4) is 0 Å². The molecule has 1 atom stereocenters. The zero-order valence-electron chi connectivity index (χ0n) is 13.8. The molecule has 1 fully saturated rings. The van der Waals surface area contributed by atoms with Gasteiger partial charge in [0.1, 0.15) is 0 Å². The average molecular weight is 290 g/mol. The number of nitrogens with zero attached hydrogens (tertiary/aromatic N) is 4. The van der Waals surface area contributed by atoms with Crippen molar-refractivity contribution < 1.29 is 4.79 Å². The SMILES string of the molecule is CC(C)=CC(=O)N1CCCC(n2cc(C(C)(C)C)nn2)C1. The van der Waals surface area contributed by atoms with Crippen molar-refractivity contribution >= 4 is 5.91 Å². The van der Waals surface area contributed by atoms with E-state index in [9.17, 15) is 4.79 Å². The van der Waals surface area contributed by atoms with Gasteiger partial charge in [-0.3, -0.25) is 4.79 Å². The molecule has 1 aromatic heterocycles. The molecule has 0 bridgehead atoms. The van der Waals surface area contributed by atoms with E-state index < -0.39 is 0 Å². The first-order valence-corrected chi connectivity index (χ1v) is 7.63. The van der Waals surface area contributed by atoms with Crippen LogP contribution in [0.5, 0.6) is 0 Å². The molecule has 1 saturated heterocycles. The maximum atomic E-state index is 12.2. The fourth-order valence-electron chi connectivity index (χ4n) is 2.51. The minimum absolute atomic E-state index is 0.00445. The number of rotatable bonds is 2. The lowest BCUT2D eigenvalue weighted by molar-refractivity contribution is -0.127. The molecule has 5 heteroatoms. The van der Waals surface area contributed by atoms with Crippen molar-refractivity contribution in [2.75, 3.05) is 13.1 Å². The summed E-state index contributed by atoms with van der Waals surface area (Å²) in [4.78, 5) is 14.1. The van der Waals surface area contributed by atoms with E-state index in [0.29, 0.717) is 0 Å². The summed E-state index contributed by atoms with van der Waals surface area (Å²) in [6, 6.07) is 0.233. The van der Waals surface area contributed by atoms with Gasteiger partial charge in [0.05, 0.1) is 11.7 Å². The van der Waals surface area contributed by atoms with E-state index in [2.05, 4.69) is 31.1 Å². The Balaban J connectivity index is 2.09. The van der Waals surface area contributed by atoms with Crippen LogP contribution in [-0.4, -0.2) is 38.9 Å². The van der Waals surface area contributed by atoms with Gasteiger partial charge in [-0.1, -0.05) is 31.6 Å². The molecule has 1 unspecified atom stereocenters. The molecule has 0 saturated carbocycles. The molecule has 2 rings (SSSR count). The van der Waals surface area contributed by atoms with Gasteiger partial charge in [0.2, 0.25) is 5.91 Å². The van der Waals surface area contributed by atoms with Gasteiger partial charge in [-0.25, -0.2) is 4.68 Å². The Kier molecular flexibility index (Phi) is 4.49. The topological polar surface area (TPSA) is 51.0 Å². The van der Waals surface area contributed by atoms with E-state index in [1.165, 1.54) is 0 Å². The van der Waals surface area contributed by atoms with E-state index in [1.807, 2.05) is 29.6 Å². The Labute approximate surface area is 127 Å². The highest BCUT2D eigenvalue weighted by atomic mass is 16.2. The van der Waals surface area contributed by atoms with Gasteiger partial charge in [0.25, 0.3) is 0 Å². The zero-order chi connectivity index (χ0) is 15.6. The van der Waals surface area contributed by atoms with E-state index >= 15 is 0 Å². The summed E-state index contributed by atoms with van der Waals surface area (Å²) in [6.45, 7) is 11.8. The summed E-state index contributed by atoms with van der Waals surface area (Å²) in [5.74, 6) is 0.107. The molecule has 0 spiro atoms. The predicted molar refractivity (Wildman–Crippen MR) is 83.0 cm³/mol. The van der Waals surface area contributed by atoms with E-state index in [4.69, 9.17) is 0 Å². The van der Waals surface area contributed by atoms with Crippen LogP contribution < -0.4 is 0 Å². The number of aromatic nitrogens is 3. The Morgan fingerprint density at radius 1 is 1.38 bits per heavy atom. The number of hydrogen-bond acceptors (Lipinski definition) is 3. The van der Waals surface area contributed by atoms with Gasteiger partial charge in [-0.05, 0) is 26.7 Å². The molecule has 5 nitrogen and oxygen atoms in total.